The predicted octanol–water partition coefficient (Wildman–Crippen LogP) is 5.02. The quantitative estimate of drug-likeness (QED) is 0.503. The lowest BCUT2D eigenvalue weighted by atomic mass is 10.1. The van der Waals surface area contributed by atoms with Crippen LogP contribution in [0.2, 0.25) is 0 Å². The van der Waals surface area contributed by atoms with Crippen LogP contribution in [-0.2, 0) is 19.5 Å². The van der Waals surface area contributed by atoms with Crippen LogP contribution < -0.4 is 0 Å². The van der Waals surface area contributed by atoms with Crippen LogP contribution in [0.25, 0.3) is 22.0 Å². The molecule has 0 unspecified atom stereocenters. The Hall–Kier alpha value is -2.76. The van der Waals surface area contributed by atoms with Gasteiger partial charge < -0.3 is 4.42 Å². The van der Waals surface area contributed by atoms with E-state index >= 15 is 0 Å². The molecule has 5 heteroatoms. The molecule has 3 aromatic heterocycles. The Balaban J connectivity index is 1.30. The van der Waals surface area contributed by atoms with Gasteiger partial charge in [0.05, 0.1) is 17.1 Å². The Labute approximate surface area is 162 Å². The summed E-state index contributed by atoms with van der Waals surface area (Å²) in [4.78, 5) is 12.9. The fourth-order valence-electron chi connectivity index (χ4n) is 3.47. The molecule has 0 spiro atoms. The molecule has 0 bridgehead atoms. The standard InChI is InChI=1S/C22H19N3OS/c1-2-5-16(6-3-1)20-9-8-18(26-20)15-25-11-10-19-17(14-25)13-23-22(24-19)21-7-4-12-27-21/h1-9,12-13H,10-11,14-15H2. The zero-order valence-corrected chi connectivity index (χ0v) is 15.7. The summed E-state index contributed by atoms with van der Waals surface area (Å²) >= 11 is 1.68. The van der Waals surface area contributed by atoms with E-state index in [4.69, 9.17) is 9.40 Å². The molecule has 4 nitrogen and oxygen atoms in total. The van der Waals surface area contributed by atoms with Gasteiger partial charge in [0.15, 0.2) is 5.82 Å². The van der Waals surface area contributed by atoms with Gasteiger partial charge in [0.25, 0.3) is 0 Å². The minimum absolute atomic E-state index is 0.805. The second-order valence-corrected chi connectivity index (χ2v) is 7.68. The summed E-state index contributed by atoms with van der Waals surface area (Å²) in [6.07, 6.45) is 2.93. The first-order valence-electron chi connectivity index (χ1n) is 9.10. The van der Waals surface area contributed by atoms with E-state index in [0.29, 0.717) is 0 Å². The number of thiophene rings is 1. The van der Waals surface area contributed by atoms with Crippen molar-refractivity contribution in [2.75, 3.05) is 6.54 Å². The Morgan fingerprint density at radius 2 is 1.96 bits per heavy atom. The van der Waals surface area contributed by atoms with Gasteiger partial charge in [-0.05, 0) is 23.6 Å². The molecule has 0 saturated carbocycles. The fourth-order valence-corrected chi connectivity index (χ4v) is 4.14. The van der Waals surface area contributed by atoms with Crippen LogP contribution in [0.15, 0.2) is 70.6 Å². The molecular weight excluding hydrogens is 354 g/mol. The van der Waals surface area contributed by atoms with E-state index in [0.717, 1.165) is 53.8 Å². The van der Waals surface area contributed by atoms with E-state index in [-0.39, 0.29) is 0 Å². The van der Waals surface area contributed by atoms with Gasteiger partial charge in [0, 0.05) is 36.8 Å². The summed E-state index contributed by atoms with van der Waals surface area (Å²) in [6.45, 7) is 2.65. The third-order valence-corrected chi connectivity index (χ3v) is 5.72. The summed E-state index contributed by atoms with van der Waals surface area (Å²) in [5, 5.41) is 2.06. The van der Waals surface area contributed by atoms with Crippen LogP contribution in [0.5, 0.6) is 0 Å². The zero-order chi connectivity index (χ0) is 18.1. The van der Waals surface area contributed by atoms with E-state index in [1.807, 2.05) is 30.5 Å². The highest BCUT2D eigenvalue weighted by Gasteiger charge is 2.20. The SMILES string of the molecule is c1ccc(-c2ccc(CN3CCc4nc(-c5cccs5)ncc4C3)o2)cc1. The highest BCUT2D eigenvalue weighted by molar-refractivity contribution is 7.13. The van der Waals surface area contributed by atoms with Gasteiger partial charge in [0.2, 0.25) is 0 Å². The molecule has 134 valence electrons. The predicted molar refractivity (Wildman–Crippen MR) is 107 cm³/mol. The normalized spacial score (nSPS) is 14.2. The summed E-state index contributed by atoms with van der Waals surface area (Å²) < 4.78 is 6.06. The molecular formula is C22H19N3OS. The first-order valence-corrected chi connectivity index (χ1v) is 9.98. The van der Waals surface area contributed by atoms with E-state index in [9.17, 15) is 0 Å². The second kappa shape index (κ2) is 7.10. The van der Waals surface area contributed by atoms with Crippen molar-refractivity contribution in [1.82, 2.24) is 14.9 Å². The van der Waals surface area contributed by atoms with Crippen LogP contribution in [0.1, 0.15) is 17.0 Å². The molecule has 27 heavy (non-hydrogen) atoms. The first-order chi connectivity index (χ1) is 13.3. The number of benzene rings is 1. The van der Waals surface area contributed by atoms with Crippen LogP contribution in [-0.4, -0.2) is 21.4 Å². The molecule has 0 aliphatic carbocycles. The van der Waals surface area contributed by atoms with Gasteiger partial charge in [-0.15, -0.1) is 11.3 Å². The van der Waals surface area contributed by atoms with E-state index in [1.165, 1.54) is 11.3 Å². The Kier molecular flexibility index (Phi) is 4.32. The van der Waals surface area contributed by atoms with Gasteiger partial charge in [-0.1, -0.05) is 36.4 Å². The van der Waals surface area contributed by atoms with Crippen molar-refractivity contribution in [3.63, 3.8) is 0 Å². The van der Waals surface area contributed by atoms with Crippen molar-refractivity contribution in [2.24, 2.45) is 0 Å². The summed E-state index contributed by atoms with van der Waals surface area (Å²) in [7, 11) is 0. The number of aromatic nitrogens is 2. The molecule has 0 saturated heterocycles. The minimum Gasteiger partial charge on any atom is -0.460 e. The van der Waals surface area contributed by atoms with Crippen molar-refractivity contribution in [2.45, 2.75) is 19.5 Å². The van der Waals surface area contributed by atoms with Crippen LogP contribution in [0.4, 0.5) is 0 Å². The molecule has 1 aliphatic heterocycles. The van der Waals surface area contributed by atoms with E-state index in [1.54, 1.807) is 11.3 Å². The van der Waals surface area contributed by atoms with Crippen molar-refractivity contribution >= 4 is 11.3 Å². The van der Waals surface area contributed by atoms with E-state index in [2.05, 4.69) is 45.6 Å². The largest absolute Gasteiger partial charge is 0.460 e. The molecule has 5 rings (SSSR count). The lowest BCUT2D eigenvalue weighted by molar-refractivity contribution is 0.224. The van der Waals surface area contributed by atoms with E-state index < -0.39 is 0 Å². The first kappa shape index (κ1) is 16.4. The number of furan rings is 1. The summed E-state index contributed by atoms with van der Waals surface area (Å²) in [6, 6.07) is 18.5. The Morgan fingerprint density at radius 1 is 1.04 bits per heavy atom. The molecule has 0 fully saturated rings. The summed E-state index contributed by atoms with van der Waals surface area (Å²) in [5.41, 5.74) is 3.51. The third kappa shape index (κ3) is 3.44. The van der Waals surface area contributed by atoms with Crippen molar-refractivity contribution in [3.8, 4) is 22.0 Å². The van der Waals surface area contributed by atoms with Gasteiger partial charge in [-0.2, -0.15) is 0 Å². The number of fused-ring (bicyclic) bond motifs is 1. The van der Waals surface area contributed by atoms with Crippen LogP contribution >= 0.6 is 11.3 Å². The van der Waals surface area contributed by atoms with Gasteiger partial charge in [-0.25, -0.2) is 9.97 Å². The minimum atomic E-state index is 0.805. The molecule has 1 aliphatic rings. The second-order valence-electron chi connectivity index (χ2n) is 6.74. The average molecular weight is 373 g/mol. The maximum absolute atomic E-state index is 6.06. The summed E-state index contributed by atoms with van der Waals surface area (Å²) in [5.74, 6) is 2.76. The maximum atomic E-state index is 6.06. The lowest BCUT2D eigenvalue weighted by Gasteiger charge is -2.27. The van der Waals surface area contributed by atoms with Crippen molar-refractivity contribution in [1.29, 1.82) is 0 Å². The molecule has 1 aromatic carbocycles. The Bertz CT molecular complexity index is 1040. The number of hydrogen-bond acceptors (Lipinski definition) is 5. The highest BCUT2D eigenvalue weighted by atomic mass is 32.1. The number of nitrogens with zero attached hydrogens (tertiary/aromatic N) is 3. The Morgan fingerprint density at radius 3 is 2.81 bits per heavy atom. The molecule has 0 radical (unpaired) electrons. The average Bonchev–Trinajstić information content (AvgIpc) is 3.41. The molecule has 0 amide bonds. The zero-order valence-electron chi connectivity index (χ0n) is 14.8. The monoisotopic (exact) mass is 373 g/mol. The van der Waals surface area contributed by atoms with Crippen LogP contribution in [0, 0.1) is 0 Å². The van der Waals surface area contributed by atoms with Crippen molar-refractivity contribution < 1.29 is 4.42 Å². The van der Waals surface area contributed by atoms with Crippen LogP contribution in [0.3, 0.4) is 0 Å². The number of rotatable bonds is 4. The highest BCUT2D eigenvalue weighted by Crippen LogP contribution is 2.26. The maximum Gasteiger partial charge on any atom is 0.169 e. The third-order valence-electron chi connectivity index (χ3n) is 4.85. The topological polar surface area (TPSA) is 42.2 Å². The molecule has 0 N–H and O–H groups in total. The molecule has 4 heterocycles. The molecule has 0 atom stereocenters. The smallest absolute Gasteiger partial charge is 0.169 e. The van der Waals surface area contributed by atoms with Gasteiger partial charge >= 0.3 is 0 Å². The lowest BCUT2D eigenvalue weighted by Crippen LogP contribution is -2.30. The fraction of sp³-hybridized carbons (Fsp3) is 0.182. The molecule has 4 aromatic rings. The van der Waals surface area contributed by atoms with Crippen molar-refractivity contribution in [3.05, 3.63) is 83.2 Å². The van der Waals surface area contributed by atoms with Gasteiger partial charge in [0.1, 0.15) is 11.5 Å². The number of hydrogen-bond donors (Lipinski definition) is 0. The van der Waals surface area contributed by atoms with Gasteiger partial charge in [-0.3, -0.25) is 4.90 Å².